The summed E-state index contributed by atoms with van der Waals surface area (Å²) in [5.74, 6) is 0. The van der Waals surface area contributed by atoms with E-state index in [4.69, 9.17) is 4.74 Å². The van der Waals surface area contributed by atoms with Gasteiger partial charge in [-0.15, -0.1) is 0 Å². The van der Waals surface area contributed by atoms with E-state index in [1.54, 1.807) is 0 Å². The van der Waals surface area contributed by atoms with Gasteiger partial charge in [0.05, 0.1) is 11.7 Å². The van der Waals surface area contributed by atoms with Crippen molar-refractivity contribution in [2.24, 2.45) is 0 Å². The summed E-state index contributed by atoms with van der Waals surface area (Å²) < 4.78 is 8.52. The van der Waals surface area contributed by atoms with Crippen molar-refractivity contribution in [3.63, 3.8) is 0 Å². The van der Waals surface area contributed by atoms with E-state index in [1.807, 2.05) is 0 Å². The molecule has 21 heavy (non-hydrogen) atoms. The van der Waals surface area contributed by atoms with Crippen LogP contribution in [0.15, 0.2) is 30.5 Å². The highest BCUT2D eigenvalue weighted by molar-refractivity contribution is 5.83. The van der Waals surface area contributed by atoms with Crippen molar-refractivity contribution in [1.82, 2.24) is 9.88 Å². The van der Waals surface area contributed by atoms with Gasteiger partial charge >= 0.3 is 0 Å². The molecule has 0 spiro atoms. The van der Waals surface area contributed by atoms with E-state index in [-0.39, 0.29) is 5.60 Å². The van der Waals surface area contributed by atoms with Crippen molar-refractivity contribution < 1.29 is 4.74 Å². The zero-order chi connectivity index (χ0) is 14.9. The Labute approximate surface area is 127 Å². The molecular formula is C18H26N2O. The van der Waals surface area contributed by atoms with Gasteiger partial charge in [0.15, 0.2) is 0 Å². The van der Waals surface area contributed by atoms with Crippen LogP contribution < -0.4 is 5.32 Å². The largest absolute Gasteiger partial charge is 0.370 e. The van der Waals surface area contributed by atoms with Crippen LogP contribution in [-0.4, -0.2) is 22.8 Å². The normalized spacial score (nSPS) is 21.2. The first-order valence-corrected chi connectivity index (χ1v) is 8.04. The molecule has 1 aromatic carbocycles. The van der Waals surface area contributed by atoms with Crippen molar-refractivity contribution in [3.05, 3.63) is 36.0 Å². The number of hydrogen-bond acceptors (Lipinski definition) is 2. The summed E-state index contributed by atoms with van der Waals surface area (Å²) in [4.78, 5) is 0. The second-order valence-electron chi connectivity index (χ2n) is 6.64. The topological polar surface area (TPSA) is 26.2 Å². The average Bonchev–Trinajstić information content (AvgIpc) is 2.98. The second kappa shape index (κ2) is 5.82. The van der Waals surface area contributed by atoms with E-state index in [9.17, 15) is 0 Å². The van der Waals surface area contributed by atoms with E-state index in [0.717, 1.165) is 32.5 Å². The lowest BCUT2D eigenvalue weighted by Gasteiger charge is -2.19. The maximum Gasteiger partial charge on any atom is 0.0762 e. The molecule has 2 heterocycles. The minimum atomic E-state index is 0.0419. The molecule has 1 aromatic heterocycles. The van der Waals surface area contributed by atoms with Crippen molar-refractivity contribution in [3.8, 4) is 0 Å². The minimum absolute atomic E-state index is 0.0419. The molecule has 1 N–H and O–H groups in total. The molecule has 0 saturated carbocycles. The van der Waals surface area contributed by atoms with Crippen LogP contribution in [0.5, 0.6) is 0 Å². The Balaban J connectivity index is 1.85. The highest BCUT2D eigenvalue weighted by Gasteiger charge is 2.31. The van der Waals surface area contributed by atoms with Gasteiger partial charge in [0.25, 0.3) is 0 Å². The van der Waals surface area contributed by atoms with Crippen LogP contribution in [0.1, 0.15) is 39.2 Å². The molecular weight excluding hydrogens is 260 g/mol. The molecule has 3 rings (SSSR count). The molecule has 3 nitrogen and oxygen atoms in total. The van der Waals surface area contributed by atoms with E-state index >= 15 is 0 Å². The number of benzene rings is 1. The van der Waals surface area contributed by atoms with Crippen molar-refractivity contribution in [2.75, 3.05) is 6.54 Å². The first-order valence-electron chi connectivity index (χ1n) is 8.04. The number of aromatic nitrogens is 1. The number of nitrogens with zero attached hydrogens (tertiary/aromatic N) is 1. The molecule has 1 unspecified atom stereocenters. The van der Waals surface area contributed by atoms with Gasteiger partial charge in [-0.3, -0.25) is 0 Å². The molecule has 0 bridgehead atoms. The van der Waals surface area contributed by atoms with E-state index in [1.165, 1.54) is 16.5 Å². The van der Waals surface area contributed by atoms with Crippen molar-refractivity contribution in [2.45, 2.75) is 58.4 Å². The third kappa shape index (κ3) is 3.14. The van der Waals surface area contributed by atoms with Gasteiger partial charge in [0.1, 0.15) is 0 Å². The molecule has 1 aliphatic rings. The summed E-state index contributed by atoms with van der Waals surface area (Å²) in [6.45, 7) is 9.42. The van der Waals surface area contributed by atoms with Crippen molar-refractivity contribution in [1.29, 1.82) is 0 Å². The number of nitrogens with one attached hydrogen (secondary N) is 1. The third-order valence-electron chi connectivity index (χ3n) is 4.39. The van der Waals surface area contributed by atoms with E-state index in [0.29, 0.717) is 6.10 Å². The molecule has 1 fully saturated rings. The van der Waals surface area contributed by atoms with Crippen LogP contribution in [0.4, 0.5) is 0 Å². The fourth-order valence-electron chi connectivity index (χ4n) is 3.30. The third-order valence-corrected chi connectivity index (χ3v) is 4.39. The van der Waals surface area contributed by atoms with Crippen LogP contribution in [0.25, 0.3) is 10.9 Å². The molecule has 0 radical (unpaired) electrons. The van der Waals surface area contributed by atoms with Gasteiger partial charge in [0, 0.05) is 30.2 Å². The van der Waals surface area contributed by atoms with Gasteiger partial charge in [0.2, 0.25) is 0 Å². The zero-order valence-corrected chi connectivity index (χ0v) is 13.4. The maximum absolute atomic E-state index is 6.16. The van der Waals surface area contributed by atoms with E-state index < -0.39 is 0 Å². The lowest BCUT2D eigenvalue weighted by atomic mass is 10.1. The minimum Gasteiger partial charge on any atom is -0.370 e. The Bertz CT molecular complexity index is 615. The van der Waals surface area contributed by atoms with Crippen LogP contribution >= 0.6 is 0 Å². The highest BCUT2D eigenvalue weighted by atomic mass is 16.5. The molecule has 1 saturated heterocycles. The first-order chi connectivity index (χ1) is 10.1. The summed E-state index contributed by atoms with van der Waals surface area (Å²) in [7, 11) is 0. The quantitative estimate of drug-likeness (QED) is 0.907. The predicted octanol–water partition coefficient (Wildman–Crippen LogP) is 3.71. The Morgan fingerprint density at radius 2 is 2.14 bits per heavy atom. The number of hydrogen-bond donors (Lipinski definition) is 1. The number of rotatable bonds is 5. The summed E-state index contributed by atoms with van der Waals surface area (Å²) in [6, 6.07) is 8.68. The molecule has 1 aliphatic heterocycles. The van der Waals surface area contributed by atoms with Gasteiger partial charge in [-0.2, -0.15) is 0 Å². The van der Waals surface area contributed by atoms with Gasteiger partial charge in [-0.1, -0.05) is 25.1 Å². The lowest BCUT2D eigenvalue weighted by molar-refractivity contribution is -0.0212. The highest BCUT2D eigenvalue weighted by Crippen LogP contribution is 2.31. The summed E-state index contributed by atoms with van der Waals surface area (Å²) in [6.07, 6.45) is 4.94. The maximum atomic E-state index is 6.16. The van der Waals surface area contributed by atoms with Crippen LogP contribution in [0, 0.1) is 0 Å². The van der Waals surface area contributed by atoms with Gasteiger partial charge in [-0.25, -0.2) is 0 Å². The Hall–Kier alpha value is -1.32. The fraction of sp³-hybridized carbons (Fsp3) is 0.556. The first kappa shape index (κ1) is 14.6. The van der Waals surface area contributed by atoms with Crippen LogP contribution in [0.2, 0.25) is 0 Å². The summed E-state index contributed by atoms with van der Waals surface area (Å²) >= 11 is 0. The smallest absolute Gasteiger partial charge is 0.0762 e. The number of para-hydroxylation sites is 1. The molecule has 1 atom stereocenters. The Morgan fingerprint density at radius 1 is 1.33 bits per heavy atom. The average molecular weight is 286 g/mol. The van der Waals surface area contributed by atoms with E-state index in [2.05, 4.69) is 61.1 Å². The molecule has 0 amide bonds. The molecule has 3 heteroatoms. The molecule has 2 aromatic rings. The van der Waals surface area contributed by atoms with Crippen molar-refractivity contribution >= 4 is 10.9 Å². The summed E-state index contributed by atoms with van der Waals surface area (Å²) in [5, 5.41) is 4.79. The van der Waals surface area contributed by atoms with Gasteiger partial charge in [-0.05, 0) is 44.9 Å². The second-order valence-corrected chi connectivity index (χ2v) is 6.64. The SMILES string of the molecule is CCNCc1cn(CC2CCC(C)(C)O2)c2ccccc12. The zero-order valence-electron chi connectivity index (χ0n) is 13.4. The van der Waals surface area contributed by atoms with Crippen LogP contribution in [0.3, 0.4) is 0 Å². The fourth-order valence-corrected chi connectivity index (χ4v) is 3.30. The number of fused-ring (bicyclic) bond motifs is 1. The lowest BCUT2D eigenvalue weighted by Crippen LogP contribution is -2.22. The van der Waals surface area contributed by atoms with Gasteiger partial charge < -0.3 is 14.6 Å². The Kier molecular flexibility index (Phi) is 4.05. The predicted molar refractivity (Wildman–Crippen MR) is 87.5 cm³/mol. The standard InChI is InChI=1S/C18H26N2O/c1-4-19-11-14-12-20(17-8-6-5-7-16(14)17)13-15-9-10-18(2,3)21-15/h5-8,12,15,19H,4,9-11,13H2,1-3H3. The molecule has 114 valence electrons. The molecule has 0 aliphatic carbocycles. The Morgan fingerprint density at radius 3 is 2.86 bits per heavy atom. The number of ether oxygens (including phenoxy) is 1. The van der Waals surface area contributed by atoms with Crippen LogP contribution in [-0.2, 0) is 17.8 Å². The monoisotopic (exact) mass is 286 g/mol. The summed E-state index contributed by atoms with van der Waals surface area (Å²) in [5.41, 5.74) is 2.74.